The molecule has 0 bridgehead atoms. The van der Waals surface area contributed by atoms with E-state index in [-0.39, 0.29) is 5.48 Å². The van der Waals surface area contributed by atoms with Crippen LogP contribution >= 0.6 is 0 Å². The molecule has 0 fully saturated rings. The second-order valence-corrected chi connectivity index (χ2v) is 1.74. The monoisotopic (exact) mass is 125 g/mol. The van der Waals surface area contributed by atoms with E-state index in [1.807, 2.05) is 18.3 Å². The molecular formula is C7H11NO. The van der Waals surface area contributed by atoms with Crippen LogP contribution in [0.25, 0.3) is 0 Å². The molecule has 0 saturated heterocycles. The maximum absolute atomic E-state index is 3.12. The van der Waals surface area contributed by atoms with Crippen LogP contribution in [0.3, 0.4) is 0 Å². The number of nitrogens with one attached hydrogen (secondary N) is 1. The standard InChI is InChI=1S/C7H9N.H2O/c1-2-7-5-3-4-6-8-7;/h3-6H,2H2,1H3;1H2. The molecule has 0 spiro atoms. The van der Waals surface area contributed by atoms with Gasteiger partial charge in [0.1, 0.15) is 0 Å². The van der Waals surface area contributed by atoms with E-state index < -0.39 is 0 Å². The minimum absolute atomic E-state index is 0. The summed E-state index contributed by atoms with van der Waals surface area (Å²) in [5, 5.41) is 0. The molecule has 9 heavy (non-hydrogen) atoms. The number of aromatic nitrogens is 1. The number of pyridine rings is 1. The van der Waals surface area contributed by atoms with Crippen LogP contribution in [0, 0.1) is 0 Å². The van der Waals surface area contributed by atoms with Gasteiger partial charge in [-0.3, -0.25) is 0 Å². The predicted molar refractivity (Wildman–Crippen MR) is 34.3 cm³/mol. The molecule has 0 amide bonds. The highest BCUT2D eigenvalue weighted by Crippen LogP contribution is 1.86. The van der Waals surface area contributed by atoms with E-state index in [0.717, 1.165) is 6.42 Å². The Morgan fingerprint density at radius 1 is 1.44 bits per heavy atom. The number of aromatic amines is 1. The lowest BCUT2D eigenvalue weighted by Gasteiger charge is -1.81. The van der Waals surface area contributed by atoms with E-state index in [4.69, 9.17) is 0 Å². The van der Waals surface area contributed by atoms with Gasteiger partial charge in [-0.25, -0.2) is 4.98 Å². The molecule has 0 aliphatic carbocycles. The van der Waals surface area contributed by atoms with Gasteiger partial charge in [-0.05, 0) is 0 Å². The molecule has 0 aliphatic rings. The SMILES string of the molecule is CCc1cccc[nH+]1.[OH-]. The van der Waals surface area contributed by atoms with Gasteiger partial charge in [0.15, 0.2) is 11.9 Å². The minimum atomic E-state index is 0. The van der Waals surface area contributed by atoms with Gasteiger partial charge in [0.25, 0.3) is 0 Å². The minimum Gasteiger partial charge on any atom is -0.870 e. The molecule has 0 aliphatic heterocycles. The summed E-state index contributed by atoms with van der Waals surface area (Å²) in [6.07, 6.45) is 3.03. The van der Waals surface area contributed by atoms with Gasteiger partial charge in [0.2, 0.25) is 0 Å². The lowest BCUT2D eigenvalue weighted by molar-refractivity contribution is -0.389. The molecule has 0 radical (unpaired) electrons. The third-order valence-electron chi connectivity index (χ3n) is 1.15. The maximum atomic E-state index is 3.12. The highest BCUT2D eigenvalue weighted by atomic mass is 16.0. The lowest BCUT2D eigenvalue weighted by atomic mass is 10.3. The van der Waals surface area contributed by atoms with Crippen LogP contribution in [-0.4, -0.2) is 5.48 Å². The molecular weight excluding hydrogens is 114 g/mol. The van der Waals surface area contributed by atoms with Crippen LogP contribution in [0.4, 0.5) is 0 Å². The van der Waals surface area contributed by atoms with Crippen LogP contribution in [-0.2, 0) is 6.42 Å². The van der Waals surface area contributed by atoms with E-state index in [1.54, 1.807) is 0 Å². The van der Waals surface area contributed by atoms with Crippen molar-refractivity contribution in [2.75, 3.05) is 0 Å². The van der Waals surface area contributed by atoms with E-state index in [2.05, 4.69) is 18.0 Å². The fourth-order valence-electron chi connectivity index (χ4n) is 0.650. The second-order valence-electron chi connectivity index (χ2n) is 1.74. The highest BCUT2D eigenvalue weighted by molar-refractivity contribution is 4.95. The van der Waals surface area contributed by atoms with Crippen LogP contribution in [0.1, 0.15) is 12.6 Å². The van der Waals surface area contributed by atoms with Crippen molar-refractivity contribution in [3.8, 4) is 0 Å². The molecule has 2 heteroatoms. The molecule has 50 valence electrons. The molecule has 1 aromatic heterocycles. The molecule has 2 nitrogen and oxygen atoms in total. The summed E-state index contributed by atoms with van der Waals surface area (Å²) in [7, 11) is 0. The smallest absolute Gasteiger partial charge is 0.179 e. The normalized spacial score (nSPS) is 8.11. The summed E-state index contributed by atoms with van der Waals surface area (Å²) >= 11 is 0. The Bertz CT molecular complexity index is 150. The molecule has 1 heterocycles. The Morgan fingerprint density at radius 3 is 2.56 bits per heavy atom. The Kier molecular flexibility index (Phi) is 3.64. The molecule has 0 saturated carbocycles. The van der Waals surface area contributed by atoms with Crippen LogP contribution in [0.5, 0.6) is 0 Å². The molecule has 0 atom stereocenters. The van der Waals surface area contributed by atoms with E-state index in [9.17, 15) is 0 Å². The number of hydrogen-bond acceptors (Lipinski definition) is 1. The molecule has 0 unspecified atom stereocenters. The lowest BCUT2D eigenvalue weighted by Crippen LogP contribution is -2.06. The summed E-state index contributed by atoms with van der Waals surface area (Å²) in [6, 6.07) is 6.11. The van der Waals surface area contributed by atoms with E-state index in [1.165, 1.54) is 5.69 Å². The van der Waals surface area contributed by atoms with E-state index >= 15 is 0 Å². The predicted octanol–water partition coefficient (Wildman–Crippen LogP) is 0.886. The van der Waals surface area contributed by atoms with Crippen molar-refractivity contribution in [2.45, 2.75) is 13.3 Å². The average molecular weight is 125 g/mol. The number of hydrogen-bond donors (Lipinski definition) is 0. The van der Waals surface area contributed by atoms with Crippen molar-refractivity contribution in [1.29, 1.82) is 0 Å². The first kappa shape index (κ1) is 8.11. The van der Waals surface area contributed by atoms with Crippen molar-refractivity contribution >= 4 is 0 Å². The summed E-state index contributed by atoms with van der Waals surface area (Å²) in [6.45, 7) is 2.13. The Hall–Kier alpha value is -0.890. The zero-order valence-electron chi connectivity index (χ0n) is 5.46. The van der Waals surface area contributed by atoms with Crippen LogP contribution in [0.15, 0.2) is 24.4 Å². The van der Waals surface area contributed by atoms with Gasteiger partial charge in [-0.2, -0.15) is 0 Å². The Morgan fingerprint density at radius 2 is 2.22 bits per heavy atom. The van der Waals surface area contributed by atoms with Gasteiger partial charge >= 0.3 is 0 Å². The molecule has 1 rings (SSSR count). The van der Waals surface area contributed by atoms with E-state index in [0.29, 0.717) is 0 Å². The third kappa shape index (κ3) is 2.24. The van der Waals surface area contributed by atoms with Gasteiger partial charge in [-0.1, -0.05) is 13.0 Å². The third-order valence-corrected chi connectivity index (χ3v) is 1.15. The van der Waals surface area contributed by atoms with Crippen molar-refractivity contribution < 1.29 is 10.5 Å². The zero-order valence-corrected chi connectivity index (χ0v) is 5.46. The fourth-order valence-corrected chi connectivity index (χ4v) is 0.650. The number of aryl methyl sites for hydroxylation is 1. The summed E-state index contributed by atoms with van der Waals surface area (Å²) in [5.74, 6) is 0. The topological polar surface area (TPSA) is 44.1 Å². The zero-order chi connectivity index (χ0) is 5.82. The summed E-state index contributed by atoms with van der Waals surface area (Å²) in [4.78, 5) is 3.12. The second kappa shape index (κ2) is 4.04. The fraction of sp³-hybridized carbons (Fsp3) is 0.286. The first-order valence-electron chi connectivity index (χ1n) is 2.89. The Balaban J connectivity index is 0.000000640. The number of H-pyrrole nitrogens is 1. The van der Waals surface area contributed by atoms with Gasteiger partial charge in [0.05, 0.1) is 0 Å². The van der Waals surface area contributed by atoms with Gasteiger partial charge in [-0.15, -0.1) is 0 Å². The first-order valence-corrected chi connectivity index (χ1v) is 2.89. The average Bonchev–Trinajstić information content (AvgIpc) is 1.90. The molecule has 2 N–H and O–H groups in total. The molecule has 0 aromatic carbocycles. The quantitative estimate of drug-likeness (QED) is 0.549. The summed E-state index contributed by atoms with van der Waals surface area (Å²) < 4.78 is 0. The van der Waals surface area contributed by atoms with Gasteiger partial charge < -0.3 is 5.48 Å². The number of rotatable bonds is 1. The molecule has 1 aromatic rings. The summed E-state index contributed by atoms with van der Waals surface area (Å²) in [5.41, 5.74) is 1.28. The highest BCUT2D eigenvalue weighted by Gasteiger charge is 1.89. The van der Waals surface area contributed by atoms with Crippen molar-refractivity contribution in [2.24, 2.45) is 0 Å². The van der Waals surface area contributed by atoms with Gasteiger partial charge in [0, 0.05) is 18.6 Å². The first-order chi connectivity index (χ1) is 3.93. The van der Waals surface area contributed by atoms with Crippen molar-refractivity contribution in [3.05, 3.63) is 30.1 Å². The van der Waals surface area contributed by atoms with Crippen molar-refractivity contribution in [1.82, 2.24) is 0 Å². The van der Waals surface area contributed by atoms with Crippen molar-refractivity contribution in [3.63, 3.8) is 0 Å². The van der Waals surface area contributed by atoms with Crippen LogP contribution in [0.2, 0.25) is 0 Å². The van der Waals surface area contributed by atoms with Crippen LogP contribution < -0.4 is 4.98 Å². The largest absolute Gasteiger partial charge is 0.870 e. The maximum Gasteiger partial charge on any atom is 0.179 e. The Labute approximate surface area is 54.9 Å².